The summed E-state index contributed by atoms with van der Waals surface area (Å²) in [5.41, 5.74) is 6.04. The third kappa shape index (κ3) is 3.03. The highest BCUT2D eigenvalue weighted by Gasteiger charge is 2.25. The fourth-order valence-electron chi connectivity index (χ4n) is 1.67. The van der Waals surface area contributed by atoms with Gasteiger partial charge in [0.25, 0.3) is 0 Å². The fraction of sp³-hybridized carbons (Fsp3) is 0.385. The maximum atomic E-state index is 11.8. The van der Waals surface area contributed by atoms with Crippen LogP contribution in [0.1, 0.15) is 13.8 Å². The van der Waals surface area contributed by atoms with Crippen LogP contribution < -0.4 is 16.0 Å². The number of rotatable bonds is 3. The Hall–Kier alpha value is -2.08. The fourth-order valence-corrected chi connectivity index (χ4v) is 1.67. The van der Waals surface area contributed by atoms with E-state index in [1.54, 1.807) is 38.1 Å². The number of carbonyl (C=O) groups is 2. The summed E-state index contributed by atoms with van der Waals surface area (Å²) in [7, 11) is 0. The van der Waals surface area contributed by atoms with E-state index in [9.17, 15) is 9.59 Å². The number of nitrogens with zero attached hydrogens (tertiary/aromatic N) is 1. The molecule has 1 saturated heterocycles. The highest BCUT2D eigenvalue weighted by atomic mass is 16.6. The smallest absolute Gasteiger partial charge is 0.414 e. The third-order valence-electron chi connectivity index (χ3n) is 2.76. The molecule has 1 aromatic carbocycles. The number of anilines is 2. The summed E-state index contributed by atoms with van der Waals surface area (Å²) in [6.45, 7) is 4.15. The Bertz CT molecular complexity index is 508. The minimum Gasteiger partial charge on any atom is -0.447 e. The van der Waals surface area contributed by atoms with Gasteiger partial charge in [-0.2, -0.15) is 0 Å². The number of nitrogens with one attached hydrogen (secondary N) is 1. The van der Waals surface area contributed by atoms with E-state index < -0.39 is 5.54 Å². The van der Waals surface area contributed by atoms with E-state index in [-0.39, 0.29) is 12.0 Å². The van der Waals surface area contributed by atoms with Crippen LogP contribution >= 0.6 is 0 Å². The van der Waals surface area contributed by atoms with Gasteiger partial charge in [-0.05, 0) is 32.0 Å². The number of cyclic esters (lactones) is 1. The molecular formula is C13H17N3O3. The molecule has 0 saturated carbocycles. The molecule has 1 aromatic rings. The lowest BCUT2D eigenvalue weighted by Gasteiger charge is -2.19. The molecule has 1 heterocycles. The van der Waals surface area contributed by atoms with Gasteiger partial charge in [-0.25, -0.2) is 4.79 Å². The van der Waals surface area contributed by atoms with Crippen molar-refractivity contribution in [1.82, 2.24) is 0 Å². The molecule has 0 unspecified atom stereocenters. The monoisotopic (exact) mass is 263 g/mol. The first-order valence-electron chi connectivity index (χ1n) is 6.02. The van der Waals surface area contributed by atoms with Crippen LogP contribution in [0.3, 0.4) is 0 Å². The molecule has 102 valence electrons. The van der Waals surface area contributed by atoms with Gasteiger partial charge in [0, 0.05) is 11.4 Å². The van der Waals surface area contributed by atoms with Crippen LogP contribution in [0, 0.1) is 0 Å². The second kappa shape index (κ2) is 4.89. The van der Waals surface area contributed by atoms with Gasteiger partial charge in [0.15, 0.2) is 0 Å². The first-order valence-corrected chi connectivity index (χ1v) is 6.02. The summed E-state index contributed by atoms with van der Waals surface area (Å²) in [5, 5.41) is 2.72. The summed E-state index contributed by atoms with van der Waals surface area (Å²) >= 11 is 0. The Morgan fingerprint density at radius 1 is 1.47 bits per heavy atom. The van der Waals surface area contributed by atoms with Crippen LogP contribution in [-0.4, -0.2) is 30.7 Å². The van der Waals surface area contributed by atoms with E-state index in [0.717, 1.165) is 0 Å². The second-order valence-electron chi connectivity index (χ2n) is 4.99. The van der Waals surface area contributed by atoms with Crippen LogP contribution in [0.4, 0.5) is 16.2 Å². The summed E-state index contributed by atoms with van der Waals surface area (Å²) in [6.07, 6.45) is -0.373. The molecule has 0 aliphatic carbocycles. The zero-order valence-electron chi connectivity index (χ0n) is 11.0. The molecule has 1 aliphatic heterocycles. The van der Waals surface area contributed by atoms with Crippen molar-refractivity contribution in [3.05, 3.63) is 24.3 Å². The van der Waals surface area contributed by atoms with Crippen molar-refractivity contribution in [2.45, 2.75) is 19.4 Å². The summed E-state index contributed by atoms with van der Waals surface area (Å²) in [5.74, 6) is -0.284. The first kappa shape index (κ1) is 13.4. The predicted molar refractivity (Wildman–Crippen MR) is 72.0 cm³/mol. The van der Waals surface area contributed by atoms with Crippen molar-refractivity contribution >= 4 is 23.4 Å². The summed E-state index contributed by atoms with van der Waals surface area (Å²) in [4.78, 5) is 24.8. The van der Waals surface area contributed by atoms with E-state index in [1.165, 1.54) is 4.90 Å². The quantitative estimate of drug-likeness (QED) is 0.861. The van der Waals surface area contributed by atoms with Gasteiger partial charge < -0.3 is 15.8 Å². The summed E-state index contributed by atoms with van der Waals surface area (Å²) < 4.78 is 4.87. The molecule has 2 rings (SSSR count). The largest absolute Gasteiger partial charge is 0.447 e. The minimum absolute atomic E-state index is 0.284. The second-order valence-corrected chi connectivity index (χ2v) is 4.99. The predicted octanol–water partition coefficient (Wildman–Crippen LogP) is 1.32. The number of hydrogen-bond acceptors (Lipinski definition) is 4. The number of ether oxygens (including phenoxy) is 1. The number of amides is 2. The molecular weight excluding hydrogens is 246 g/mol. The molecule has 3 N–H and O–H groups in total. The standard InChI is InChI=1S/C13H17N3O3/c1-13(2,14)11(17)15-9-4-3-5-10(8-9)16-6-7-19-12(16)18/h3-5,8H,6-7,14H2,1-2H3,(H,15,17). The Balaban J connectivity index is 2.16. The Morgan fingerprint density at radius 3 is 2.79 bits per heavy atom. The maximum absolute atomic E-state index is 11.8. The van der Waals surface area contributed by atoms with Gasteiger partial charge in [0.2, 0.25) is 5.91 Å². The highest BCUT2D eigenvalue weighted by Crippen LogP contribution is 2.22. The van der Waals surface area contributed by atoms with E-state index in [4.69, 9.17) is 10.5 Å². The highest BCUT2D eigenvalue weighted by molar-refractivity contribution is 5.98. The average molecular weight is 263 g/mol. The SMILES string of the molecule is CC(C)(N)C(=O)Nc1cccc(N2CCOC2=O)c1. The molecule has 6 heteroatoms. The molecule has 0 radical (unpaired) electrons. The number of nitrogens with two attached hydrogens (primary N) is 1. The van der Waals surface area contributed by atoms with Crippen molar-refractivity contribution in [3.63, 3.8) is 0 Å². The zero-order chi connectivity index (χ0) is 14.0. The van der Waals surface area contributed by atoms with Gasteiger partial charge >= 0.3 is 6.09 Å². The lowest BCUT2D eigenvalue weighted by Crippen LogP contribution is -2.45. The van der Waals surface area contributed by atoms with Gasteiger partial charge in [-0.15, -0.1) is 0 Å². The molecule has 1 fully saturated rings. The Morgan fingerprint density at radius 2 is 2.21 bits per heavy atom. The normalized spacial score (nSPS) is 15.3. The molecule has 2 amide bonds. The van der Waals surface area contributed by atoms with Crippen LogP contribution in [0.15, 0.2) is 24.3 Å². The van der Waals surface area contributed by atoms with Gasteiger partial charge in [-0.3, -0.25) is 9.69 Å². The van der Waals surface area contributed by atoms with Crippen LogP contribution in [-0.2, 0) is 9.53 Å². The van der Waals surface area contributed by atoms with Gasteiger partial charge in [0.05, 0.1) is 12.1 Å². The molecule has 19 heavy (non-hydrogen) atoms. The first-order chi connectivity index (χ1) is 8.88. The maximum Gasteiger partial charge on any atom is 0.414 e. The molecule has 0 bridgehead atoms. The van der Waals surface area contributed by atoms with Crippen molar-refractivity contribution in [2.24, 2.45) is 5.73 Å². The van der Waals surface area contributed by atoms with E-state index in [0.29, 0.717) is 24.5 Å². The van der Waals surface area contributed by atoms with Crippen molar-refractivity contribution in [1.29, 1.82) is 0 Å². The van der Waals surface area contributed by atoms with E-state index in [1.807, 2.05) is 0 Å². The summed E-state index contributed by atoms with van der Waals surface area (Å²) in [6, 6.07) is 7.01. The van der Waals surface area contributed by atoms with Crippen molar-refractivity contribution in [3.8, 4) is 0 Å². The topological polar surface area (TPSA) is 84.7 Å². The Labute approximate surface area is 111 Å². The van der Waals surface area contributed by atoms with Crippen LogP contribution in [0.5, 0.6) is 0 Å². The molecule has 0 spiro atoms. The molecule has 0 aromatic heterocycles. The lowest BCUT2D eigenvalue weighted by atomic mass is 10.1. The Kier molecular flexibility index (Phi) is 3.44. The lowest BCUT2D eigenvalue weighted by molar-refractivity contribution is -0.120. The average Bonchev–Trinajstić information content (AvgIpc) is 2.74. The minimum atomic E-state index is -0.956. The van der Waals surface area contributed by atoms with Gasteiger partial charge in [0.1, 0.15) is 6.61 Å². The van der Waals surface area contributed by atoms with Crippen molar-refractivity contribution in [2.75, 3.05) is 23.4 Å². The molecule has 6 nitrogen and oxygen atoms in total. The van der Waals surface area contributed by atoms with Crippen molar-refractivity contribution < 1.29 is 14.3 Å². The number of benzene rings is 1. The van der Waals surface area contributed by atoms with Crippen LogP contribution in [0.25, 0.3) is 0 Å². The number of carbonyl (C=O) groups excluding carboxylic acids is 2. The van der Waals surface area contributed by atoms with Crippen LogP contribution in [0.2, 0.25) is 0 Å². The number of hydrogen-bond donors (Lipinski definition) is 2. The van der Waals surface area contributed by atoms with E-state index in [2.05, 4.69) is 5.32 Å². The zero-order valence-corrected chi connectivity index (χ0v) is 11.0. The third-order valence-corrected chi connectivity index (χ3v) is 2.76. The van der Waals surface area contributed by atoms with Gasteiger partial charge in [-0.1, -0.05) is 6.07 Å². The molecule has 0 atom stereocenters. The molecule has 1 aliphatic rings. The van der Waals surface area contributed by atoms with E-state index >= 15 is 0 Å².